The van der Waals surface area contributed by atoms with Crippen LogP contribution in [0.15, 0.2) is 40.8 Å². The highest BCUT2D eigenvalue weighted by Gasteiger charge is 2.13. The van der Waals surface area contributed by atoms with Gasteiger partial charge in [0.05, 0.1) is 10.4 Å². The number of hydrogen-bond acceptors (Lipinski definition) is 5. The van der Waals surface area contributed by atoms with Crippen molar-refractivity contribution in [1.82, 2.24) is 10.2 Å². The molecule has 3 aromatic rings. The minimum Gasteiger partial charge on any atom is -0.478 e. The van der Waals surface area contributed by atoms with Gasteiger partial charge in [0.25, 0.3) is 5.89 Å². The summed E-state index contributed by atoms with van der Waals surface area (Å²) in [6, 6.07) is 10.4. The topological polar surface area (TPSA) is 76.2 Å². The Kier molecular flexibility index (Phi) is 3.53. The molecule has 21 heavy (non-hydrogen) atoms. The monoisotopic (exact) mass is 300 g/mol. The predicted octanol–water partition coefficient (Wildman–Crippen LogP) is 3.73. The van der Waals surface area contributed by atoms with Crippen LogP contribution in [0.1, 0.15) is 22.2 Å². The van der Waals surface area contributed by atoms with Gasteiger partial charge < -0.3 is 9.52 Å². The summed E-state index contributed by atoms with van der Waals surface area (Å²) in [5.74, 6) is -0.211. The fraction of sp³-hybridized carbons (Fsp3) is 0.133. The summed E-state index contributed by atoms with van der Waals surface area (Å²) in [4.78, 5) is 13.1. The number of aryl methyl sites for hydroxylation is 1. The zero-order valence-corrected chi connectivity index (χ0v) is 12.1. The first-order valence-electron chi connectivity index (χ1n) is 6.43. The lowest BCUT2D eigenvalue weighted by Crippen LogP contribution is -1.95. The van der Waals surface area contributed by atoms with Crippen molar-refractivity contribution in [3.8, 4) is 22.2 Å². The third kappa shape index (κ3) is 2.71. The van der Waals surface area contributed by atoms with Gasteiger partial charge >= 0.3 is 5.97 Å². The smallest absolute Gasteiger partial charge is 0.335 e. The summed E-state index contributed by atoms with van der Waals surface area (Å²) >= 11 is 1.61. The van der Waals surface area contributed by atoms with Crippen molar-refractivity contribution in [2.75, 3.05) is 0 Å². The van der Waals surface area contributed by atoms with Crippen molar-refractivity contribution < 1.29 is 14.3 Å². The molecule has 106 valence electrons. The molecule has 0 radical (unpaired) electrons. The van der Waals surface area contributed by atoms with Gasteiger partial charge in [-0.15, -0.1) is 21.5 Å². The SMILES string of the molecule is CCc1ccc(-c2nnc(-c3cccc(C(=O)O)c3)o2)s1. The van der Waals surface area contributed by atoms with Gasteiger partial charge in [0.1, 0.15) is 0 Å². The molecular formula is C15H12N2O3S. The van der Waals surface area contributed by atoms with Crippen LogP contribution in [0.5, 0.6) is 0 Å². The second kappa shape index (κ2) is 5.49. The summed E-state index contributed by atoms with van der Waals surface area (Å²) in [7, 11) is 0. The van der Waals surface area contributed by atoms with Crippen LogP contribution in [0, 0.1) is 0 Å². The van der Waals surface area contributed by atoms with E-state index in [1.165, 1.54) is 17.0 Å². The van der Waals surface area contributed by atoms with Crippen LogP contribution < -0.4 is 0 Å². The number of nitrogens with zero attached hydrogens (tertiary/aromatic N) is 2. The Morgan fingerprint density at radius 3 is 2.76 bits per heavy atom. The lowest BCUT2D eigenvalue weighted by atomic mass is 10.1. The second-order valence-corrected chi connectivity index (χ2v) is 5.59. The molecule has 0 aliphatic carbocycles. The molecule has 1 aromatic carbocycles. The van der Waals surface area contributed by atoms with Crippen LogP contribution in [0.2, 0.25) is 0 Å². The van der Waals surface area contributed by atoms with Crippen LogP contribution in [-0.4, -0.2) is 21.3 Å². The highest BCUT2D eigenvalue weighted by atomic mass is 32.1. The Morgan fingerprint density at radius 1 is 1.24 bits per heavy atom. The van der Waals surface area contributed by atoms with E-state index in [2.05, 4.69) is 17.1 Å². The summed E-state index contributed by atoms with van der Waals surface area (Å²) in [5, 5.41) is 17.0. The van der Waals surface area contributed by atoms with E-state index in [0.717, 1.165) is 11.3 Å². The van der Waals surface area contributed by atoms with Crippen molar-refractivity contribution in [2.24, 2.45) is 0 Å². The molecule has 0 unspecified atom stereocenters. The number of carboxylic acid groups (broad SMARTS) is 1. The molecule has 0 atom stereocenters. The zero-order valence-electron chi connectivity index (χ0n) is 11.2. The molecule has 0 aliphatic rings. The Labute approximate surface area is 124 Å². The fourth-order valence-corrected chi connectivity index (χ4v) is 2.78. The maximum absolute atomic E-state index is 11.0. The van der Waals surface area contributed by atoms with Crippen molar-refractivity contribution in [3.05, 3.63) is 46.8 Å². The molecule has 3 rings (SSSR count). The molecule has 0 amide bonds. The fourth-order valence-electron chi connectivity index (χ4n) is 1.91. The maximum atomic E-state index is 11.0. The van der Waals surface area contributed by atoms with E-state index in [1.54, 1.807) is 23.5 Å². The Balaban J connectivity index is 1.94. The molecule has 0 fully saturated rings. The predicted molar refractivity (Wildman–Crippen MR) is 79.4 cm³/mol. The summed E-state index contributed by atoms with van der Waals surface area (Å²) in [6.45, 7) is 2.09. The minimum absolute atomic E-state index is 0.191. The first-order chi connectivity index (χ1) is 10.2. The van der Waals surface area contributed by atoms with Gasteiger partial charge in [-0.3, -0.25) is 0 Å². The van der Waals surface area contributed by atoms with Crippen LogP contribution >= 0.6 is 11.3 Å². The van der Waals surface area contributed by atoms with Crippen LogP contribution in [-0.2, 0) is 6.42 Å². The molecule has 2 heterocycles. The van der Waals surface area contributed by atoms with E-state index >= 15 is 0 Å². The van der Waals surface area contributed by atoms with E-state index in [1.807, 2.05) is 12.1 Å². The van der Waals surface area contributed by atoms with Gasteiger partial charge in [0, 0.05) is 10.4 Å². The van der Waals surface area contributed by atoms with Gasteiger partial charge in [-0.2, -0.15) is 0 Å². The van der Waals surface area contributed by atoms with E-state index in [9.17, 15) is 4.79 Å². The van der Waals surface area contributed by atoms with Crippen molar-refractivity contribution in [2.45, 2.75) is 13.3 Å². The number of carbonyl (C=O) groups is 1. The molecule has 0 saturated heterocycles. The van der Waals surface area contributed by atoms with Gasteiger partial charge in [-0.05, 0) is 36.8 Å². The third-order valence-electron chi connectivity index (χ3n) is 3.00. The largest absolute Gasteiger partial charge is 0.478 e. The summed E-state index contributed by atoms with van der Waals surface area (Å²) in [6.07, 6.45) is 0.965. The molecule has 2 aromatic heterocycles. The summed E-state index contributed by atoms with van der Waals surface area (Å²) < 4.78 is 5.64. The first-order valence-corrected chi connectivity index (χ1v) is 7.25. The zero-order chi connectivity index (χ0) is 14.8. The van der Waals surface area contributed by atoms with E-state index in [4.69, 9.17) is 9.52 Å². The van der Waals surface area contributed by atoms with Crippen LogP contribution in [0.4, 0.5) is 0 Å². The lowest BCUT2D eigenvalue weighted by molar-refractivity contribution is 0.0697. The number of rotatable bonds is 4. The van der Waals surface area contributed by atoms with Gasteiger partial charge in [-0.1, -0.05) is 13.0 Å². The van der Waals surface area contributed by atoms with E-state index in [0.29, 0.717) is 17.3 Å². The number of benzene rings is 1. The number of aromatic nitrogens is 2. The van der Waals surface area contributed by atoms with Crippen molar-refractivity contribution in [1.29, 1.82) is 0 Å². The molecule has 0 bridgehead atoms. The highest BCUT2D eigenvalue weighted by molar-refractivity contribution is 7.15. The third-order valence-corrected chi connectivity index (χ3v) is 4.22. The van der Waals surface area contributed by atoms with E-state index < -0.39 is 5.97 Å². The maximum Gasteiger partial charge on any atom is 0.335 e. The van der Waals surface area contributed by atoms with Crippen LogP contribution in [0.3, 0.4) is 0 Å². The van der Waals surface area contributed by atoms with Gasteiger partial charge in [0.15, 0.2) is 0 Å². The summed E-state index contributed by atoms with van der Waals surface area (Å²) in [5.41, 5.74) is 0.789. The van der Waals surface area contributed by atoms with Gasteiger partial charge in [0.2, 0.25) is 5.89 Å². The molecule has 0 saturated carbocycles. The molecule has 6 heteroatoms. The first kappa shape index (κ1) is 13.5. The lowest BCUT2D eigenvalue weighted by Gasteiger charge is -1.97. The minimum atomic E-state index is -0.984. The molecule has 1 N–H and O–H groups in total. The molecule has 5 nitrogen and oxygen atoms in total. The highest BCUT2D eigenvalue weighted by Crippen LogP contribution is 2.29. The number of thiophene rings is 1. The second-order valence-electron chi connectivity index (χ2n) is 4.42. The average molecular weight is 300 g/mol. The van der Waals surface area contributed by atoms with Crippen molar-refractivity contribution >= 4 is 17.3 Å². The number of carboxylic acids is 1. The van der Waals surface area contributed by atoms with E-state index in [-0.39, 0.29) is 5.56 Å². The number of aromatic carboxylic acids is 1. The standard InChI is InChI=1S/C15H12N2O3S/c1-2-11-6-7-12(21-11)14-17-16-13(20-14)9-4-3-5-10(8-9)15(18)19/h3-8H,2H2,1H3,(H,18,19). The Morgan fingerprint density at radius 2 is 2.05 bits per heavy atom. The van der Waals surface area contributed by atoms with Gasteiger partial charge in [-0.25, -0.2) is 4.79 Å². The molecule has 0 spiro atoms. The molecule has 0 aliphatic heterocycles. The van der Waals surface area contributed by atoms with Crippen molar-refractivity contribution in [3.63, 3.8) is 0 Å². The number of hydrogen-bond donors (Lipinski definition) is 1. The molecular weight excluding hydrogens is 288 g/mol. The Bertz CT molecular complexity index is 792. The Hall–Kier alpha value is -2.47. The van der Waals surface area contributed by atoms with Crippen LogP contribution in [0.25, 0.3) is 22.2 Å². The quantitative estimate of drug-likeness (QED) is 0.794. The normalized spacial score (nSPS) is 10.7. The average Bonchev–Trinajstić information content (AvgIpc) is 3.16.